The molecule has 3 aromatic rings. The zero-order valence-electron chi connectivity index (χ0n) is 16.6. The molecule has 2 heterocycles. The first-order chi connectivity index (χ1) is 14.6. The van der Waals surface area contributed by atoms with Gasteiger partial charge in [-0.1, -0.05) is 36.4 Å². The molecule has 2 N–H and O–H groups in total. The Morgan fingerprint density at radius 1 is 1.17 bits per heavy atom. The van der Waals surface area contributed by atoms with Gasteiger partial charge in [0, 0.05) is 0 Å². The lowest BCUT2D eigenvalue weighted by molar-refractivity contribution is -0.117. The third-order valence-corrected chi connectivity index (χ3v) is 4.80. The standard InChI is InChI=1S/C21H21N5O4/c1-29-16-9-8-13(10-17(16)30-2)11-18(27)22-20-24-21-23-19(28)12-15(26(21)25-20)14-6-4-3-5-7-14/h3-10,15H,11-12H2,1-2H3,(H2,22,23,24,25,27,28)/t15-/m0/s1. The predicted molar refractivity (Wildman–Crippen MR) is 110 cm³/mol. The minimum absolute atomic E-state index is 0.110. The Morgan fingerprint density at radius 2 is 1.93 bits per heavy atom. The highest BCUT2D eigenvalue weighted by atomic mass is 16.5. The van der Waals surface area contributed by atoms with Gasteiger partial charge in [-0.25, -0.2) is 4.68 Å². The molecule has 1 aliphatic rings. The van der Waals surface area contributed by atoms with Crippen LogP contribution in [0.3, 0.4) is 0 Å². The van der Waals surface area contributed by atoms with E-state index < -0.39 is 0 Å². The Bertz CT molecular complexity index is 1080. The van der Waals surface area contributed by atoms with Gasteiger partial charge < -0.3 is 9.47 Å². The molecule has 1 aliphatic heterocycles. The first-order valence-electron chi connectivity index (χ1n) is 9.39. The molecule has 2 amide bonds. The number of nitrogens with one attached hydrogen (secondary N) is 2. The molecule has 0 aliphatic carbocycles. The van der Waals surface area contributed by atoms with Crippen molar-refractivity contribution in [2.45, 2.75) is 18.9 Å². The van der Waals surface area contributed by atoms with Gasteiger partial charge in [-0.05, 0) is 23.3 Å². The summed E-state index contributed by atoms with van der Waals surface area (Å²) >= 11 is 0. The van der Waals surface area contributed by atoms with Crippen molar-refractivity contribution < 1.29 is 19.1 Å². The molecule has 1 atom stereocenters. The highest BCUT2D eigenvalue weighted by molar-refractivity contribution is 5.93. The molecule has 0 saturated carbocycles. The van der Waals surface area contributed by atoms with Crippen LogP contribution in [0.5, 0.6) is 11.5 Å². The van der Waals surface area contributed by atoms with Gasteiger partial charge in [0.2, 0.25) is 17.8 Å². The van der Waals surface area contributed by atoms with E-state index >= 15 is 0 Å². The number of amides is 2. The van der Waals surface area contributed by atoms with Gasteiger partial charge in [0.1, 0.15) is 0 Å². The molecule has 30 heavy (non-hydrogen) atoms. The SMILES string of the molecule is COc1ccc(CC(=O)Nc2nc3n(n2)[C@H](c2ccccc2)CC(=O)N3)cc1OC. The summed E-state index contributed by atoms with van der Waals surface area (Å²) in [6.07, 6.45) is 0.359. The summed E-state index contributed by atoms with van der Waals surface area (Å²) in [5, 5.41) is 9.79. The molecule has 0 bridgehead atoms. The number of carbonyl (C=O) groups excluding carboxylic acids is 2. The molecular formula is C21H21N5O4. The van der Waals surface area contributed by atoms with E-state index in [1.54, 1.807) is 37.1 Å². The van der Waals surface area contributed by atoms with Crippen LogP contribution in [0.25, 0.3) is 0 Å². The maximum Gasteiger partial charge on any atom is 0.250 e. The topological polar surface area (TPSA) is 107 Å². The van der Waals surface area contributed by atoms with Gasteiger partial charge in [-0.2, -0.15) is 4.98 Å². The van der Waals surface area contributed by atoms with Crippen molar-refractivity contribution in [3.63, 3.8) is 0 Å². The lowest BCUT2D eigenvalue weighted by Crippen LogP contribution is -2.29. The number of benzene rings is 2. The fourth-order valence-electron chi connectivity index (χ4n) is 3.40. The largest absolute Gasteiger partial charge is 0.493 e. The minimum Gasteiger partial charge on any atom is -0.493 e. The highest BCUT2D eigenvalue weighted by Gasteiger charge is 2.29. The van der Waals surface area contributed by atoms with Gasteiger partial charge in [0.25, 0.3) is 5.95 Å². The van der Waals surface area contributed by atoms with Crippen molar-refractivity contribution in [2.75, 3.05) is 24.9 Å². The van der Waals surface area contributed by atoms with Crippen molar-refractivity contribution in [2.24, 2.45) is 0 Å². The van der Waals surface area contributed by atoms with E-state index in [1.807, 2.05) is 30.3 Å². The summed E-state index contributed by atoms with van der Waals surface area (Å²) < 4.78 is 12.1. The monoisotopic (exact) mass is 407 g/mol. The molecule has 2 aromatic carbocycles. The fraction of sp³-hybridized carbons (Fsp3) is 0.238. The number of hydrogen-bond donors (Lipinski definition) is 2. The second-order valence-electron chi connectivity index (χ2n) is 6.80. The van der Waals surface area contributed by atoms with E-state index in [2.05, 4.69) is 20.7 Å². The van der Waals surface area contributed by atoms with E-state index in [0.717, 1.165) is 11.1 Å². The zero-order valence-corrected chi connectivity index (χ0v) is 16.6. The number of hydrogen-bond acceptors (Lipinski definition) is 6. The lowest BCUT2D eigenvalue weighted by Gasteiger charge is -2.23. The van der Waals surface area contributed by atoms with Crippen molar-refractivity contribution in [3.8, 4) is 11.5 Å². The van der Waals surface area contributed by atoms with E-state index in [4.69, 9.17) is 9.47 Å². The summed E-state index contributed by atoms with van der Waals surface area (Å²) in [4.78, 5) is 28.9. The summed E-state index contributed by atoms with van der Waals surface area (Å²) in [7, 11) is 3.09. The van der Waals surface area contributed by atoms with Gasteiger partial charge in [-0.15, -0.1) is 5.10 Å². The fourth-order valence-corrected chi connectivity index (χ4v) is 3.40. The molecule has 154 valence electrons. The van der Waals surface area contributed by atoms with E-state index in [0.29, 0.717) is 17.4 Å². The number of ether oxygens (including phenoxy) is 2. The Balaban J connectivity index is 1.51. The van der Waals surface area contributed by atoms with Crippen LogP contribution in [0.4, 0.5) is 11.9 Å². The summed E-state index contributed by atoms with van der Waals surface area (Å²) in [5.41, 5.74) is 1.70. The smallest absolute Gasteiger partial charge is 0.250 e. The third-order valence-electron chi connectivity index (χ3n) is 4.80. The number of anilines is 2. The highest BCUT2D eigenvalue weighted by Crippen LogP contribution is 2.30. The molecular weight excluding hydrogens is 386 g/mol. The molecule has 0 unspecified atom stereocenters. The number of methoxy groups -OCH3 is 2. The van der Waals surface area contributed by atoms with Crippen molar-refractivity contribution >= 4 is 23.7 Å². The maximum atomic E-state index is 12.5. The lowest BCUT2D eigenvalue weighted by atomic mass is 10.0. The first-order valence-corrected chi connectivity index (χ1v) is 9.39. The summed E-state index contributed by atoms with van der Waals surface area (Å²) in [6, 6.07) is 14.6. The van der Waals surface area contributed by atoms with Crippen molar-refractivity contribution in [1.29, 1.82) is 0 Å². The Morgan fingerprint density at radius 3 is 2.67 bits per heavy atom. The van der Waals surface area contributed by atoms with E-state index in [-0.39, 0.29) is 36.6 Å². The van der Waals surface area contributed by atoms with Gasteiger partial charge in [0.05, 0.1) is 33.1 Å². The quantitative estimate of drug-likeness (QED) is 0.650. The summed E-state index contributed by atoms with van der Waals surface area (Å²) in [5.74, 6) is 1.15. The van der Waals surface area contributed by atoms with E-state index in [1.165, 1.54) is 0 Å². The normalized spacial score (nSPS) is 15.1. The molecule has 4 rings (SSSR count). The number of fused-ring (bicyclic) bond motifs is 1. The molecule has 0 fully saturated rings. The van der Waals surface area contributed by atoms with Crippen LogP contribution in [-0.4, -0.2) is 40.8 Å². The average molecular weight is 407 g/mol. The minimum atomic E-state index is -0.284. The Hall–Kier alpha value is -3.88. The van der Waals surface area contributed by atoms with Gasteiger partial charge in [-0.3, -0.25) is 20.2 Å². The number of nitrogens with zero attached hydrogens (tertiary/aromatic N) is 3. The first kappa shape index (κ1) is 19.4. The van der Waals surface area contributed by atoms with E-state index in [9.17, 15) is 9.59 Å². The van der Waals surface area contributed by atoms with Gasteiger partial charge in [0.15, 0.2) is 11.5 Å². The molecule has 0 spiro atoms. The van der Waals surface area contributed by atoms with Crippen LogP contribution in [0, 0.1) is 0 Å². The molecule has 1 aromatic heterocycles. The van der Waals surface area contributed by atoms with Crippen molar-refractivity contribution in [3.05, 3.63) is 59.7 Å². The van der Waals surface area contributed by atoms with Crippen molar-refractivity contribution in [1.82, 2.24) is 14.8 Å². The number of rotatable bonds is 6. The van der Waals surface area contributed by atoms with Crippen LogP contribution in [0.1, 0.15) is 23.6 Å². The van der Waals surface area contributed by atoms with Crippen LogP contribution < -0.4 is 20.1 Å². The molecule has 9 heteroatoms. The van der Waals surface area contributed by atoms with Crippen LogP contribution >= 0.6 is 0 Å². The summed E-state index contributed by atoms with van der Waals surface area (Å²) in [6.45, 7) is 0. The second kappa shape index (κ2) is 8.24. The van der Waals surface area contributed by atoms with Crippen LogP contribution in [0.15, 0.2) is 48.5 Å². The third kappa shape index (κ3) is 3.95. The van der Waals surface area contributed by atoms with Gasteiger partial charge >= 0.3 is 0 Å². The zero-order chi connectivity index (χ0) is 21.1. The van der Waals surface area contributed by atoms with Crippen LogP contribution in [0.2, 0.25) is 0 Å². The number of aromatic nitrogens is 3. The Labute approximate surface area is 173 Å². The number of carbonyl (C=O) groups is 2. The average Bonchev–Trinajstić information content (AvgIpc) is 3.15. The van der Waals surface area contributed by atoms with Crippen LogP contribution in [-0.2, 0) is 16.0 Å². The second-order valence-corrected chi connectivity index (χ2v) is 6.80. The molecule has 9 nitrogen and oxygen atoms in total. The maximum absolute atomic E-state index is 12.5. The Kier molecular flexibility index (Phi) is 5.34. The molecule has 0 radical (unpaired) electrons. The molecule has 0 saturated heterocycles. The predicted octanol–water partition coefficient (Wildman–Crippen LogP) is 2.41.